The number of hydrogen-bond acceptors (Lipinski definition) is 4. The SMILES string of the molecule is CCc1cc(Br)cc(C)c1C1=C(OC)CC(CCNC(=O)c2ccccn2)C1O. The van der Waals surface area contributed by atoms with E-state index in [1.54, 1.807) is 31.5 Å². The van der Waals surface area contributed by atoms with Gasteiger partial charge in [0.25, 0.3) is 5.91 Å². The number of rotatable bonds is 7. The van der Waals surface area contributed by atoms with E-state index in [1.807, 2.05) is 0 Å². The molecule has 1 amide bonds. The summed E-state index contributed by atoms with van der Waals surface area (Å²) < 4.78 is 6.71. The van der Waals surface area contributed by atoms with Gasteiger partial charge in [0.05, 0.1) is 13.2 Å². The van der Waals surface area contributed by atoms with E-state index < -0.39 is 6.10 Å². The Hall–Kier alpha value is -2.18. The van der Waals surface area contributed by atoms with Gasteiger partial charge in [-0.3, -0.25) is 9.78 Å². The fraction of sp³-hybridized carbons (Fsp3) is 0.391. The second-order valence-electron chi connectivity index (χ2n) is 7.32. The number of carbonyl (C=O) groups is 1. The highest BCUT2D eigenvalue weighted by atomic mass is 79.9. The van der Waals surface area contributed by atoms with E-state index in [9.17, 15) is 9.90 Å². The molecule has 29 heavy (non-hydrogen) atoms. The first-order valence-corrected chi connectivity index (χ1v) is 10.7. The number of aryl methyl sites for hydroxylation is 2. The van der Waals surface area contributed by atoms with E-state index >= 15 is 0 Å². The first-order valence-electron chi connectivity index (χ1n) is 9.90. The van der Waals surface area contributed by atoms with Crippen molar-refractivity contribution >= 4 is 27.4 Å². The second-order valence-corrected chi connectivity index (χ2v) is 8.24. The molecule has 5 nitrogen and oxygen atoms in total. The highest BCUT2D eigenvalue weighted by Crippen LogP contribution is 2.42. The molecule has 2 unspecified atom stereocenters. The number of aromatic nitrogens is 1. The Balaban J connectivity index is 1.73. The molecule has 0 spiro atoms. The van der Waals surface area contributed by atoms with Crippen LogP contribution in [0.3, 0.4) is 0 Å². The molecule has 6 heteroatoms. The molecule has 1 aliphatic rings. The largest absolute Gasteiger partial charge is 0.501 e. The van der Waals surface area contributed by atoms with E-state index in [2.05, 4.69) is 52.2 Å². The monoisotopic (exact) mass is 458 g/mol. The number of nitrogens with zero attached hydrogens (tertiary/aromatic N) is 1. The maximum absolute atomic E-state index is 12.2. The summed E-state index contributed by atoms with van der Waals surface area (Å²) in [5, 5.41) is 14.0. The van der Waals surface area contributed by atoms with Crippen molar-refractivity contribution in [2.45, 2.75) is 39.2 Å². The lowest BCUT2D eigenvalue weighted by molar-refractivity contribution is 0.0940. The normalized spacial score (nSPS) is 18.8. The first kappa shape index (κ1) is 21.5. The van der Waals surface area contributed by atoms with Crippen LogP contribution in [0, 0.1) is 12.8 Å². The molecule has 1 aromatic heterocycles. The molecule has 1 heterocycles. The molecule has 2 aromatic rings. The third-order valence-electron chi connectivity index (χ3n) is 5.47. The number of amides is 1. The molecular formula is C23H27BrN2O3. The fourth-order valence-corrected chi connectivity index (χ4v) is 4.66. The van der Waals surface area contributed by atoms with Crippen molar-refractivity contribution in [1.29, 1.82) is 0 Å². The smallest absolute Gasteiger partial charge is 0.269 e. The molecule has 0 aliphatic heterocycles. The van der Waals surface area contributed by atoms with Crippen LogP contribution in [0.2, 0.25) is 0 Å². The van der Waals surface area contributed by atoms with Gasteiger partial charge in [-0.1, -0.05) is 28.9 Å². The standard InChI is InChI=1S/C23H27BrN2O3/c1-4-15-12-17(24)11-14(2)20(15)21-19(29-3)13-16(22(21)27)8-10-26-23(28)18-7-5-6-9-25-18/h5-7,9,11-12,16,22,27H,4,8,10,13H2,1-3H3,(H,26,28). The van der Waals surface area contributed by atoms with Crippen molar-refractivity contribution in [3.63, 3.8) is 0 Å². The summed E-state index contributed by atoms with van der Waals surface area (Å²) in [5.41, 5.74) is 4.66. The highest BCUT2D eigenvalue weighted by Gasteiger charge is 2.36. The third-order valence-corrected chi connectivity index (χ3v) is 5.92. The van der Waals surface area contributed by atoms with Crippen molar-refractivity contribution in [3.05, 3.63) is 69.1 Å². The molecule has 154 valence electrons. The van der Waals surface area contributed by atoms with Gasteiger partial charge in [0.2, 0.25) is 0 Å². The Morgan fingerprint density at radius 2 is 2.17 bits per heavy atom. The minimum absolute atomic E-state index is 0.00302. The lowest BCUT2D eigenvalue weighted by Gasteiger charge is -2.21. The highest BCUT2D eigenvalue weighted by molar-refractivity contribution is 9.10. The van der Waals surface area contributed by atoms with Crippen LogP contribution in [-0.4, -0.2) is 35.8 Å². The number of aliphatic hydroxyl groups is 1. The summed E-state index contributed by atoms with van der Waals surface area (Å²) >= 11 is 3.57. The van der Waals surface area contributed by atoms with Gasteiger partial charge in [-0.2, -0.15) is 0 Å². The summed E-state index contributed by atoms with van der Waals surface area (Å²) in [6.45, 7) is 4.65. The van der Waals surface area contributed by atoms with Crippen LogP contribution in [0.4, 0.5) is 0 Å². The lowest BCUT2D eigenvalue weighted by atomic mass is 9.89. The number of nitrogens with one attached hydrogen (secondary N) is 1. The summed E-state index contributed by atoms with van der Waals surface area (Å²) in [5.74, 6) is 0.630. The maximum atomic E-state index is 12.2. The Labute approximate surface area is 180 Å². The number of ether oxygens (including phenoxy) is 1. The Bertz CT molecular complexity index is 912. The van der Waals surface area contributed by atoms with E-state index in [4.69, 9.17) is 4.74 Å². The minimum atomic E-state index is -0.623. The quantitative estimate of drug-likeness (QED) is 0.649. The number of benzene rings is 1. The summed E-state index contributed by atoms with van der Waals surface area (Å²) in [7, 11) is 1.66. The predicted molar refractivity (Wildman–Crippen MR) is 117 cm³/mol. The van der Waals surface area contributed by atoms with Gasteiger partial charge >= 0.3 is 0 Å². The average Bonchev–Trinajstić information content (AvgIpc) is 3.03. The van der Waals surface area contributed by atoms with E-state index in [-0.39, 0.29) is 11.8 Å². The van der Waals surface area contributed by atoms with Crippen LogP contribution in [0.5, 0.6) is 0 Å². The van der Waals surface area contributed by atoms with Crippen LogP contribution >= 0.6 is 15.9 Å². The van der Waals surface area contributed by atoms with Crippen LogP contribution in [0.1, 0.15) is 46.9 Å². The van der Waals surface area contributed by atoms with Crippen LogP contribution in [-0.2, 0) is 11.2 Å². The van der Waals surface area contributed by atoms with Gasteiger partial charge in [0.1, 0.15) is 11.5 Å². The number of aliphatic hydroxyl groups excluding tert-OH is 1. The van der Waals surface area contributed by atoms with E-state index in [0.29, 0.717) is 25.1 Å². The molecular weight excluding hydrogens is 432 g/mol. The van der Waals surface area contributed by atoms with Gasteiger partial charge < -0.3 is 15.2 Å². The zero-order valence-electron chi connectivity index (χ0n) is 17.0. The average molecular weight is 459 g/mol. The second kappa shape index (κ2) is 9.55. The van der Waals surface area contributed by atoms with Crippen LogP contribution < -0.4 is 5.32 Å². The van der Waals surface area contributed by atoms with Gasteiger partial charge in [0, 0.05) is 29.2 Å². The number of carbonyl (C=O) groups excluding carboxylic acids is 1. The lowest BCUT2D eigenvalue weighted by Crippen LogP contribution is -2.28. The van der Waals surface area contributed by atoms with Gasteiger partial charge in [-0.25, -0.2) is 0 Å². The zero-order chi connectivity index (χ0) is 21.0. The summed E-state index contributed by atoms with van der Waals surface area (Å²) in [6, 6.07) is 9.43. The van der Waals surface area contributed by atoms with E-state index in [0.717, 1.165) is 33.4 Å². The van der Waals surface area contributed by atoms with Crippen molar-refractivity contribution in [1.82, 2.24) is 10.3 Å². The summed E-state index contributed by atoms with van der Waals surface area (Å²) in [6.07, 6.45) is 3.16. The van der Waals surface area contributed by atoms with Crippen molar-refractivity contribution < 1.29 is 14.6 Å². The van der Waals surface area contributed by atoms with E-state index in [1.165, 1.54) is 5.56 Å². The minimum Gasteiger partial charge on any atom is -0.501 e. The van der Waals surface area contributed by atoms with Crippen molar-refractivity contribution in [2.24, 2.45) is 5.92 Å². The molecule has 0 fully saturated rings. The number of halogens is 1. The third kappa shape index (κ3) is 4.70. The predicted octanol–water partition coefficient (Wildman–Crippen LogP) is 4.27. The fourth-order valence-electron chi connectivity index (χ4n) is 4.04. The van der Waals surface area contributed by atoms with Gasteiger partial charge in [-0.15, -0.1) is 0 Å². The zero-order valence-corrected chi connectivity index (χ0v) is 18.6. The molecule has 0 radical (unpaired) electrons. The maximum Gasteiger partial charge on any atom is 0.269 e. The molecule has 3 rings (SSSR count). The van der Waals surface area contributed by atoms with Gasteiger partial charge in [0.15, 0.2) is 0 Å². The molecule has 2 N–H and O–H groups in total. The molecule has 0 saturated heterocycles. The number of allylic oxidation sites excluding steroid dienone is 1. The van der Waals surface area contributed by atoms with Gasteiger partial charge in [-0.05, 0) is 66.6 Å². The van der Waals surface area contributed by atoms with Crippen LogP contribution in [0.15, 0.2) is 46.8 Å². The van der Waals surface area contributed by atoms with Crippen molar-refractivity contribution in [2.75, 3.05) is 13.7 Å². The molecule has 0 saturated carbocycles. The van der Waals surface area contributed by atoms with Crippen LogP contribution in [0.25, 0.3) is 5.57 Å². The molecule has 0 bridgehead atoms. The molecule has 1 aromatic carbocycles. The Morgan fingerprint density at radius 1 is 1.38 bits per heavy atom. The first-order chi connectivity index (χ1) is 14.0. The number of pyridine rings is 1. The number of methoxy groups -OCH3 is 1. The number of hydrogen-bond donors (Lipinski definition) is 2. The topological polar surface area (TPSA) is 71.5 Å². The molecule has 2 atom stereocenters. The van der Waals surface area contributed by atoms with Crippen molar-refractivity contribution in [3.8, 4) is 0 Å². The Kier molecular flexibility index (Phi) is 7.09. The summed E-state index contributed by atoms with van der Waals surface area (Å²) in [4.78, 5) is 16.3. The molecule has 1 aliphatic carbocycles. The Morgan fingerprint density at radius 3 is 2.83 bits per heavy atom.